The summed E-state index contributed by atoms with van der Waals surface area (Å²) in [6.07, 6.45) is 4.36. The topological polar surface area (TPSA) is 48.1 Å². The van der Waals surface area contributed by atoms with Gasteiger partial charge >= 0.3 is 0 Å². The van der Waals surface area contributed by atoms with Crippen LogP contribution in [-0.4, -0.2) is 43.0 Å². The second kappa shape index (κ2) is 7.10. The summed E-state index contributed by atoms with van der Waals surface area (Å²) in [6, 6.07) is 8.21. The number of amides is 1. The zero-order valence-electron chi connectivity index (χ0n) is 12.3. The smallest absolute Gasteiger partial charge is 0.222 e. The van der Waals surface area contributed by atoms with Crippen LogP contribution in [0.4, 0.5) is 0 Å². The Balaban J connectivity index is 1.87. The molecular formula is C16H23N3O. The van der Waals surface area contributed by atoms with E-state index in [0.717, 1.165) is 31.4 Å². The van der Waals surface area contributed by atoms with Gasteiger partial charge in [0, 0.05) is 37.1 Å². The molecule has 0 aliphatic carbocycles. The van der Waals surface area contributed by atoms with Gasteiger partial charge in [0.2, 0.25) is 5.91 Å². The number of aryl methyl sites for hydroxylation is 1. The van der Waals surface area contributed by atoms with Crippen LogP contribution in [0.2, 0.25) is 0 Å². The molecule has 0 atom stereocenters. The van der Waals surface area contributed by atoms with E-state index in [1.807, 2.05) is 37.3 Å². The lowest BCUT2D eigenvalue weighted by Crippen LogP contribution is -2.29. The van der Waals surface area contributed by atoms with Crippen LogP contribution in [0.1, 0.15) is 18.4 Å². The van der Waals surface area contributed by atoms with E-state index in [9.17, 15) is 4.79 Å². The van der Waals surface area contributed by atoms with Crippen LogP contribution in [0.15, 0.2) is 30.5 Å². The molecule has 2 rings (SSSR count). The Morgan fingerprint density at radius 3 is 2.95 bits per heavy atom. The first-order chi connectivity index (χ1) is 9.72. The first kappa shape index (κ1) is 14.6. The maximum atomic E-state index is 12.1. The number of nitrogens with zero attached hydrogens (tertiary/aromatic N) is 1. The molecule has 20 heavy (non-hydrogen) atoms. The van der Waals surface area contributed by atoms with E-state index in [-0.39, 0.29) is 5.91 Å². The minimum atomic E-state index is 0.214. The first-order valence-electron chi connectivity index (χ1n) is 7.16. The number of aromatic nitrogens is 1. The summed E-state index contributed by atoms with van der Waals surface area (Å²) in [5, 5.41) is 4.31. The van der Waals surface area contributed by atoms with Crippen molar-refractivity contribution in [2.75, 3.05) is 27.2 Å². The molecule has 0 aliphatic heterocycles. The molecule has 1 amide bonds. The molecule has 0 saturated carbocycles. The van der Waals surface area contributed by atoms with Crippen LogP contribution >= 0.6 is 0 Å². The predicted molar refractivity (Wildman–Crippen MR) is 82.8 cm³/mol. The van der Waals surface area contributed by atoms with Crippen molar-refractivity contribution < 1.29 is 4.79 Å². The molecule has 1 aromatic heterocycles. The Morgan fingerprint density at radius 1 is 1.35 bits per heavy atom. The summed E-state index contributed by atoms with van der Waals surface area (Å²) >= 11 is 0. The number of nitrogens with one attached hydrogen (secondary N) is 2. The van der Waals surface area contributed by atoms with E-state index in [0.29, 0.717) is 6.42 Å². The quantitative estimate of drug-likeness (QED) is 0.760. The highest BCUT2D eigenvalue weighted by atomic mass is 16.2. The minimum absolute atomic E-state index is 0.214. The molecule has 0 spiro atoms. The first-order valence-corrected chi connectivity index (χ1v) is 7.16. The lowest BCUT2D eigenvalue weighted by atomic mass is 10.1. The number of carbonyl (C=O) groups is 1. The molecule has 4 nitrogen and oxygen atoms in total. The van der Waals surface area contributed by atoms with Gasteiger partial charge in [0.1, 0.15) is 0 Å². The molecule has 2 aromatic rings. The number of para-hydroxylation sites is 1. The summed E-state index contributed by atoms with van der Waals surface area (Å²) in [4.78, 5) is 17.1. The fourth-order valence-electron chi connectivity index (χ4n) is 2.39. The van der Waals surface area contributed by atoms with Gasteiger partial charge in [0.25, 0.3) is 0 Å². The lowest BCUT2D eigenvalue weighted by Gasteiger charge is -2.16. The number of rotatable bonds is 7. The molecule has 0 unspecified atom stereocenters. The summed E-state index contributed by atoms with van der Waals surface area (Å²) < 4.78 is 0. The number of hydrogen-bond donors (Lipinski definition) is 2. The molecule has 0 radical (unpaired) electrons. The molecule has 108 valence electrons. The Labute approximate surface area is 120 Å². The SMILES string of the molecule is CNCCCN(C)C(=O)CCc1c[nH]c2ccccc12. The van der Waals surface area contributed by atoms with Gasteiger partial charge < -0.3 is 15.2 Å². The highest BCUT2D eigenvalue weighted by Gasteiger charge is 2.10. The largest absolute Gasteiger partial charge is 0.361 e. The van der Waals surface area contributed by atoms with Crippen LogP contribution in [0.25, 0.3) is 10.9 Å². The van der Waals surface area contributed by atoms with Gasteiger partial charge in [-0.3, -0.25) is 4.79 Å². The fourth-order valence-corrected chi connectivity index (χ4v) is 2.39. The van der Waals surface area contributed by atoms with Crippen molar-refractivity contribution in [1.29, 1.82) is 0 Å². The van der Waals surface area contributed by atoms with Crippen molar-refractivity contribution in [3.63, 3.8) is 0 Å². The molecule has 0 saturated heterocycles. The van der Waals surface area contributed by atoms with E-state index in [1.54, 1.807) is 0 Å². The monoisotopic (exact) mass is 273 g/mol. The predicted octanol–water partition coefficient (Wildman–Crippen LogP) is 2.17. The van der Waals surface area contributed by atoms with Gasteiger partial charge in [-0.1, -0.05) is 18.2 Å². The van der Waals surface area contributed by atoms with Crippen LogP contribution in [-0.2, 0) is 11.2 Å². The average Bonchev–Trinajstić information content (AvgIpc) is 2.88. The van der Waals surface area contributed by atoms with Crippen LogP contribution < -0.4 is 5.32 Å². The van der Waals surface area contributed by atoms with Gasteiger partial charge in [-0.25, -0.2) is 0 Å². The highest BCUT2D eigenvalue weighted by Crippen LogP contribution is 2.19. The number of fused-ring (bicyclic) bond motifs is 1. The van der Waals surface area contributed by atoms with E-state index >= 15 is 0 Å². The van der Waals surface area contributed by atoms with Gasteiger partial charge in [0.15, 0.2) is 0 Å². The number of hydrogen-bond acceptors (Lipinski definition) is 2. The van der Waals surface area contributed by atoms with E-state index in [1.165, 1.54) is 10.9 Å². The van der Waals surface area contributed by atoms with Crippen molar-refractivity contribution in [2.45, 2.75) is 19.3 Å². The molecule has 4 heteroatoms. The Kier molecular flexibility index (Phi) is 5.18. The lowest BCUT2D eigenvalue weighted by molar-refractivity contribution is -0.129. The van der Waals surface area contributed by atoms with Crippen LogP contribution in [0, 0.1) is 0 Å². The van der Waals surface area contributed by atoms with E-state index in [2.05, 4.69) is 22.4 Å². The number of benzene rings is 1. The molecule has 1 heterocycles. The summed E-state index contributed by atoms with van der Waals surface area (Å²) in [7, 11) is 3.81. The fraction of sp³-hybridized carbons (Fsp3) is 0.438. The van der Waals surface area contributed by atoms with Crippen molar-refractivity contribution >= 4 is 16.8 Å². The Bertz CT molecular complexity index is 562. The minimum Gasteiger partial charge on any atom is -0.361 e. The molecule has 0 aliphatic rings. The van der Waals surface area contributed by atoms with Gasteiger partial charge in [-0.15, -0.1) is 0 Å². The van der Waals surface area contributed by atoms with E-state index < -0.39 is 0 Å². The third kappa shape index (κ3) is 3.61. The third-order valence-electron chi connectivity index (χ3n) is 3.63. The zero-order valence-corrected chi connectivity index (χ0v) is 12.3. The Morgan fingerprint density at radius 2 is 2.15 bits per heavy atom. The van der Waals surface area contributed by atoms with Crippen molar-refractivity contribution in [2.24, 2.45) is 0 Å². The number of carbonyl (C=O) groups excluding carboxylic acids is 1. The third-order valence-corrected chi connectivity index (χ3v) is 3.63. The standard InChI is InChI=1S/C16H23N3O/c1-17-10-5-11-19(2)16(20)9-8-13-12-18-15-7-4-3-6-14(13)15/h3-4,6-7,12,17-18H,5,8-11H2,1-2H3. The van der Waals surface area contributed by atoms with Gasteiger partial charge in [0.05, 0.1) is 0 Å². The second-order valence-corrected chi connectivity index (χ2v) is 5.13. The zero-order chi connectivity index (χ0) is 14.4. The molecular weight excluding hydrogens is 250 g/mol. The molecule has 2 N–H and O–H groups in total. The summed E-state index contributed by atoms with van der Waals surface area (Å²) in [6.45, 7) is 1.76. The molecule has 0 fully saturated rings. The normalized spacial score (nSPS) is 10.9. The molecule has 1 aromatic carbocycles. The highest BCUT2D eigenvalue weighted by molar-refractivity contribution is 5.84. The van der Waals surface area contributed by atoms with Gasteiger partial charge in [-0.05, 0) is 38.1 Å². The van der Waals surface area contributed by atoms with Crippen molar-refractivity contribution in [3.8, 4) is 0 Å². The van der Waals surface area contributed by atoms with Crippen molar-refractivity contribution in [3.05, 3.63) is 36.0 Å². The maximum absolute atomic E-state index is 12.1. The maximum Gasteiger partial charge on any atom is 0.222 e. The Hall–Kier alpha value is -1.81. The average molecular weight is 273 g/mol. The van der Waals surface area contributed by atoms with Crippen LogP contribution in [0.3, 0.4) is 0 Å². The number of aromatic amines is 1. The molecule has 0 bridgehead atoms. The van der Waals surface area contributed by atoms with E-state index in [4.69, 9.17) is 0 Å². The second-order valence-electron chi connectivity index (χ2n) is 5.13. The van der Waals surface area contributed by atoms with Crippen molar-refractivity contribution in [1.82, 2.24) is 15.2 Å². The summed E-state index contributed by atoms with van der Waals surface area (Å²) in [5.41, 5.74) is 2.36. The van der Waals surface area contributed by atoms with Crippen LogP contribution in [0.5, 0.6) is 0 Å². The number of H-pyrrole nitrogens is 1. The van der Waals surface area contributed by atoms with Gasteiger partial charge in [-0.2, -0.15) is 0 Å². The summed E-state index contributed by atoms with van der Waals surface area (Å²) in [5.74, 6) is 0.214.